The van der Waals surface area contributed by atoms with Gasteiger partial charge in [-0.3, -0.25) is 0 Å². The van der Waals surface area contributed by atoms with Crippen molar-refractivity contribution in [1.82, 2.24) is 0 Å². The second-order valence-corrected chi connectivity index (χ2v) is 3.26. The number of nitrogens with two attached hydrogens (primary N) is 1. The van der Waals surface area contributed by atoms with Gasteiger partial charge in [0.25, 0.3) is 5.92 Å². The molecule has 0 spiro atoms. The first-order chi connectivity index (χ1) is 6.50. The van der Waals surface area contributed by atoms with E-state index in [9.17, 15) is 8.78 Å². The fraction of sp³-hybridized carbons (Fsp3) is 0.200. The molecule has 1 heterocycles. The van der Waals surface area contributed by atoms with Gasteiger partial charge in [0, 0.05) is 12.3 Å². The van der Waals surface area contributed by atoms with Gasteiger partial charge in [0.2, 0.25) is 0 Å². The lowest BCUT2D eigenvalue weighted by Gasteiger charge is -2.06. The molecule has 0 saturated heterocycles. The maximum absolute atomic E-state index is 13.0. The molecule has 0 saturated carbocycles. The van der Waals surface area contributed by atoms with Crippen molar-refractivity contribution < 1.29 is 13.2 Å². The summed E-state index contributed by atoms with van der Waals surface area (Å²) in [6, 6.07) is 4.81. The molecule has 2 rings (SSSR count). The minimum absolute atomic E-state index is 0.125. The molecule has 74 valence electrons. The molecule has 1 aromatic heterocycles. The van der Waals surface area contributed by atoms with Gasteiger partial charge in [-0.1, -0.05) is 12.1 Å². The van der Waals surface area contributed by atoms with E-state index in [1.54, 1.807) is 18.2 Å². The number of furan rings is 1. The fourth-order valence-corrected chi connectivity index (χ4v) is 1.42. The first-order valence-corrected chi connectivity index (χ1v) is 4.14. The van der Waals surface area contributed by atoms with Crippen LogP contribution in [0.25, 0.3) is 11.0 Å². The van der Waals surface area contributed by atoms with Crippen LogP contribution in [0.1, 0.15) is 12.5 Å². The van der Waals surface area contributed by atoms with Gasteiger partial charge in [0.05, 0.1) is 11.3 Å². The van der Waals surface area contributed by atoms with Crippen LogP contribution < -0.4 is 5.73 Å². The zero-order chi connectivity index (χ0) is 10.3. The van der Waals surface area contributed by atoms with Crippen molar-refractivity contribution in [1.29, 1.82) is 0 Å². The zero-order valence-corrected chi connectivity index (χ0v) is 7.55. The van der Waals surface area contributed by atoms with Crippen LogP contribution in [-0.4, -0.2) is 0 Å². The molecule has 0 unspecified atom stereocenters. The Balaban J connectivity index is 2.76. The maximum Gasteiger partial charge on any atom is 0.274 e. The predicted octanol–water partition coefficient (Wildman–Crippen LogP) is 3.13. The lowest BCUT2D eigenvalue weighted by molar-refractivity contribution is 0.0183. The highest BCUT2D eigenvalue weighted by atomic mass is 19.3. The van der Waals surface area contributed by atoms with Crippen LogP contribution in [0.4, 0.5) is 14.5 Å². The second-order valence-electron chi connectivity index (χ2n) is 3.26. The van der Waals surface area contributed by atoms with Crippen LogP contribution in [0.15, 0.2) is 28.9 Å². The first-order valence-electron chi connectivity index (χ1n) is 4.14. The lowest BCUT2D eigenvalue weighted by Crippen LogP contribution is -2.05. The van der Waals surface area contributed by atoms with E-state index in [4.69, 9.17) is 10.2 Å². The second kappa shape index (κ2) is 2.70. The van der Waals surface area contributed by atoms with E-state index in [2.05, 4.69) is 0 Å². The molecule has 0 bridgehead atoms. The third-order valence-electron chi connectivity index (χ3n) is 2.10. The molecule has 4 heteroatoms. The average Bonchev–Trinajstić information content (AvgIpc) is 2.47. The van der Waals surface area contributed by atoms with E-state index in [1.807, 2.05) is 0 Å². The van der Waals surface area contributed by atoms with Crippen LogP contribution in [0.5, 0.6) is 0 Å². The number of hydrogen-bond acceptors (Lipinski definition) is 2. The van der Waals surface area contributed by atoms with E-state index in [1.165, 1.54) is 0 Å². The predicted molar refractivity (Wildman–Crippen MR) is 50.2 cm³/mol. The summed E-state index contributed by atoms with van der Waals surface area (Å²) in [7, 11) is 0. The Bertz CT molecular complexity index is 470. The summed E-state index contributed by atoms with van der Waals surface area (Å²) in [5, 5.41) is 0.373. The Hall–Kier alpha value is -1.58. The molecule has 0 aliphatic rings. The highest BCUT2D eigenvalue weighted by molar-refractivity contribution is 5.90. The summed E-state index contributed by atoms with van der Waals surface area (Å²) in [5.41, 5.74) is 6.15. The molecule has 0 aliphatic carbocycles. The highest BCUT2D eigenvalue weighted by Gasteiger charge is 2.29. The maximum atomic E-state index is 13.0. The Morgan fingerprint density at radius 1 is 1.36 bits per heavy atom. The SMILES string of the molecule is CC(F)(F)c1coc2c(N)cccc12. The molecule has 2 aromatic rings. The highest BCUT2D eigenvalue weighted by Crippen LogP contribution is 2.36. The number of halogens is 2. The number of rotatable bonds is 1. The van der Waals surface area contributed by atoms with Crippen molar-refractivity contribution >= 4 is 16.7 Å². The summed E-state index contributed by atoms with van der Waals surface area (Å²) >= 11 is 0. The van der Waals surface area contributed by atoms with Crippen LogP contribution >= 0.6 is 0 Å². The van der Waals surface area contributed by atoms with Crippen molar-refractivity contribution in [3.05, 3.63) is 30.0 Å². The van der Waals surface area contributed by atoms with Crippen LogP contribution in [0.3, 0.4) is 0 Å². The average molecular weight is 197 g/mol. The largest absolute Gasteiger partial charge is 0.462 e. The van der Waals surface area contributed by atoms with Gasteiger partial charge in [-0.15, -0.1) is 0 Å². The summed E-state index contributed by atoms with van der Waals surface area (Å²) in [5.74, 6) is -2.90. The van der Waals surface area contributed by atoms with Gasteiger partial charge in [0.15, 0.2) is 5.58 Å². The number of alkyl halides is 2. The topological polar surface area (TPSA) is 39.2 Å². The van der Waals surface area contributed by atoms with Gasteiger partial charge in [-0.2, -0.15) is 0 Å². The van der Waals surface area contributed by atoms with Gasteiger partial charge >= 0.3 is 0 Å². The van der Waals surface area contributed by atoms with E-state index in [0.717, 1.165) is 13.2 Å². The number of nitrogen functional groups attached to an aromatic ring is 1. The number of anilines is 1. The molecule has 2 N–H and O–H groups in total. The Morgan fingerprint density at radius 3 is 2.71 bits per heavy atom. The Kier molecular flexibility index (Phi) is 1.74. The normalized spacial score (nSPS) is 12.2. The summed E-state index contributed by atoms with van der Waals surface area (Å²) in [6.45, 7) is 0.834. The van der Waals surface area contributed by atoms with E-state index < -0.39 is 5.92 Å². The first kappa shape index (κ1) is 8.99. The molecule has 0 aliphatic heterocycles. The molecule has 1 aromatic carbocycles. The molecule has 0 atom stereocenters. The summed E-state index contributed by atoms with van der Waals surface area (Å²) in [4.78, 5) is 0. The van der Waals surface area contributed by atoms with E-state index >= 15 is 0 Å². The third kappa shape index (κ3) is 1.23. The number of hydrogen-bond donors (Lipinski definition) is 1. The quantitative estimate of drug-likeness (QED) is 0.713. The summed E-state index contributed by atoms with van der Waals surface area (Å²) in [6.07, 6.45) is 1.06. The van der Waals surface area contributed by atoms with Crippen molar-refractivity contribution in [3.63, 3.8) is 0 Å². The Morgan fingerprint density at radius 2 is 2.07 bits per heavy atom. The minimum atomic E-state index is -2.90. The molecule has 2 nitrogen and oxygen atoms in total. The molecular formula is C10H9F2NO. The molecular weight excluding hydrogens is 188 g/mol. The van der Waals surface area contributed by atoms with Crippen molar-refractivity contribution in [3.8, 4) is 0 Å². The molecule has 14 heavy (non-hydrogen) atoms. The third-order valence-corrected chi connectivity index (χ3v) is 2.10. The summed E-state index contributed by atoms with van der Waals surface area (Å²) < 4.78 is 31.1. The number of benzene rings is 1. The molecule has 0 amide bonds. The van der Waals surface area contributed by atoms with Gasteiger partial charge in [-0.05, 0) is 6.07 Å². The van der Waals surface area contributed by atoms with E-state index in [0.29, 0.717) is 16.7 Å². The lowest BCUT2D eigenvalue weighted by atomic mass is 10.1. The van der Waals surface area contributed by atoms with Crippen LogP contribution in [0, 0.1) is 0 Å². The van der Waals surface area contributed by atoms with Crippen LogP contribution in [0.2, 0.25) is 0 Å². The van der Waals surface area contributed by atoms with Gasteiger partial charge in [-0.25, -0.2) is 8.78 Å². The smallest absolute Gasteiger partial charge is 0.274 e. The Labute approximate surface area is 79.3 Å². The minimum Gasteiger partial charge on any atom is -0.462 e. The standard InChI is InChI=1S/C10H9F2NO/c1-10(11,12)7-5-14-9-6(7)3-2-4-8(9)13/h2-5H,13H2,1H3. The van der Waals surface area contributed by atoms with E-state index in [-0.39, 0.29) is 5.56 Å². The molecule has 0 radical (unpaired) electrons. The molecule has 0 fully saturated rings. The van der Waals surface area contributed by atoms with Crippen molar-refractivity contribution in [2.75, 3.05) is 5.73 Å². The monoisotopic (exact) mass is 197 g/mol. The number of fused-ring (bicyclic) bond motifs is 1. The fourth-order valence-electron chi connectivity index (χ4n) is 1.42. The van der Waals surface area contributed by atoms with Crippen LogP contribution in [-0.2, 0) is 5.92 Å². The van der Waals surface area contributed by atoms with Crippen molar-refractivity contribution in [2.24, 2.45) is 0 Å². The zero-order valence-electron chi connectivity index (χ0n) is 7.55. The van der Waals surface area contributed by atoms with Crippen molar-refractivity contribution in [2.45, 2.75) is 12.8 Å². The van der Waals surface area contributed by atoms with Gasteiger partial charge in [0.1, 0.15) is 6.26 Å². The number of para-hydroxylation sites is 1. The van der Waals surface area contributed by atoms with Gasteiger partial charge < -0.3 is 10.2 Å².